The van der Waals surface area contributed by atoms with Crippen molar-refractivity contribution in [2.45, 2.75) is 23.3 Å². The number of carbonyl (C=O) groups is 2. The molecule has 8 nitrogen and oxygen atoms in total. The van der Waals surface area contributed by atoms with Crippen molar-refractivity contribution in [1.82, 2.24) is 14.1 Å². The Bertz CT molecular complexity index is 1400. The number of anilines is 1. The van der Waals surface area contributed by atoms with Gasteiger partial charge in [-0.2, -0.15) is 4.31 Å². The summed E-state index contributed by atoms with van der Waals surface area (Å²) in [6, 6.07) is 22.5. The van der Waals surface area contributed by atoms with Gasteiger partial charge in [-0.15, -0.1) is 0 Å². The van der Waals surface area contributed by atoms with Gasteiger partial charge in [0, 0.05) is 32.9 Å². The number of fused-ring (bicyclic) bond motifs is 1. The number of sulfonamides is 1. The Morgan fingerprint density at radius 2 is 1.56 bits per heavy atom. The van der Waals surface area contributed by atoms with Gasteiger partial charge < -0.3 is 14.7 Å². The Hall–Kier alpha value is -3.43. The lowest BCUT2D eigenvalue weighted by Crippen LogP contribution is -2.57. The van der Waals surface area contributed by atoms with E-state index in [1.807, 2.05) is 65.6 Å². The Morgan fingerprint density at radius 3 is 2.22 bits per heavy atom. The zero-order valence-electron chi connectivity index (χ0n) is 20.5. The molecule has 2 saturated heterocycles. The highest BCUT2D eigenvalue weighted by Crippen LogP contribution is 2.40. The molecule has 2 amide bonds. The quantitative estimate of drug-likeness (QED) is 0.532. The van der Waals surface area contributed by atoms with E-state index in [1.54, 1.807) is 31.1 Å². The molecule has 0 atom stereocenters. The summed E-state index contributed by atoms with van der Waals surface area (Å²) < 4.78 is 28.5. The lowest BCUT2D eigenvalue weighted by molar-refractivity contribution is -0.139. The summed E-state index contributed by atoms with van der Waals surface area (Å²) in [5.74, 6) is -0.269. The van der Waals surface area contributed by atoms with Gasteiger partial charge in [0.05, 0.1) is 11.6 Å². The molecule has 36 heavy (non-hydrogen) atoms. The monoisotopic (exact) mass is 506 g/mol. The molecule has 2 fully saturated rings. The predicted molar refractivity (Wildman–Crippen MR) is 139 cm³/mol. The third-order valence-electron chi connectivity index (χ3n) is 7.32. The third kappa shape index (κ3) is 4.12. The zero-order valence-corrected chi connectivity index (χ0v) is 21.3. The van der Waals surface area contributed by atoms with Gasteiger partial charge in [-0.25, -0.2) is 8.42 Å². The maximum Gasteiger partial charge on any atom is 0.250 e. The highest BCUT2D eigenvalue weighted by atomic mass is 32.2. The van der Waals surface area contributed by atoms with Gasteiger partial charge in [0.2, 0.25) is 21.8 Å². The third-order valence-corrected chi connectivity index (χ3v) is 9.21. The molecule has 5 rings (SSSR count). The average Bonchev–Trinajstić information content (AvgIpc) is 3.15. The van der Waals surface area contributed by atoms with Crippen LogP contribution in [0.3, 0.4) is 0 Å². The topological polar surface area (TPSA) is 81.2 Å². The van der Waals surface area contributed by atoms with E-state index >= 15 is 0 Å². The number of carbonyl (C=O) groups excluding carboxylic acids is 2. The molecule has 3 aromatic rings. The number of amides is 2. The molecule has 0 unspecified atom stereocenters. The fraction of sp³-hybridized carbons (Fsp3) is 0.333. The lowest BCUT2D eigenvalue weighted by atomic mass is 9.86. The minimum absolute atomic E-state index is 0.00395. The Balaban J connectivity index is 1.42. The molecule has 3 aromatic carbocycles. The van der Waals surface area contributed by atoms with E-state index in [-0.39, 0.29) is 36.3 Å². The van der Waals surface area contributed by atoms with Gasteiger partial charge in [-0.1, -0.05) is 48.5 Å². The number of likely N-dealkylation sites (N-methyl/N-ethyl adjacent to an activating group) is 1. The van der Waals surface area contributed by atoms with Crippen molar-refractivity contribution in [2.75, 3.05) is 45.3 Å². The molecule has 0 saturated carbocycles. The number of hydrogen-bond donors (Lipinski definition) is 0. The van der Waals surface area contributed by atoms with Crippen LogP contribution in [0.25, 0.3) is 10.8 Å². The van der Waals surface area contributed by atoms with E-state index in [0.717, 1.165) is 16.5 Å². The summed E-state index contributed by atoms with van der Waals surface area (Å²) >= 11 is 0. The Labute approximate surface area is 211 Å². The molecule has 0 bridgehead atoms. The van der Waals surface area contributed by atoms with Crippen molar-refractivity contribution in [3.8, 4) is 0 Å². The summed E-state index contributed by atoms with van der Waals surface area (Å²) in [6.45, 7) is 0.731. The second-order valence-electron chi connectivity index (χ2n) is 9.64. The van der Waals surface area contributed by atoms with Gasteiger partial charge in [0.1, 0.15) is 12.1 Å². The number of benzene rings is 3. The van der Waals surface area contributed by atoms with Crippen LogP contribution < -0.4 is 4.90 Å². The molecule has 188 valence electrons. The first-order valence-electron chi connectivity index (χ1n) is 12.0. The first kappa shape index (κ1) is 24.3. The molecule has 0 N–H and O–H groups in total. The molecule has 0 aromatic heterocycles. The minimum atomic E-state index is -3.71. The van der Waals surface area contributed by atoms with Crippen LogP contribution >= 0.6 is 0 Å². The number of hydrogen-bond acceptors (Lipinski definition) is 5. The maximum atomic E-state index is 13.7. The van der Waals surface area contributed by atoms with Crippen molar-refractivity contribution >= 4 is 38.3 Å². The highest BCUT2D eigenvalue weighted by Gasteiger charge is 2.55. The summed E-state index contributed by atoms with van der Waals surface area (Å²) in [5.41, 5.74) is 0.0000728. The van der Waals surface area contributed by atoms with Gasteiger partial charge >= 0.3 is 0 Å². The molecule has 2 aliphatic heterocycles. The van der Waals surface area contributed by atoms with E-state index in [4.69, 9.17) is 0 Å². The molecule has 2 heterocycles. The molecule has 9 heteroatoms. The summed E-state index contributed by atoms with van der Waals surface area (Å²) in [4.78, 5) is 31.5. The number of para-hydroxylation sites is 1. The Kier molecular flexibility index (Phi) is 6.22. The fourth-order valence-electron chi connectivity index (χ4n) is 5.20. The molecular weight excluding hydrogens is 476 g/mol. The van der Waals surface area contributed by atoms with Gasteiger partial charge in [-0.05, 0) is 47.9 Å². The van der Waals surface area contributed by atoms with E-state index in [1.165, 1.54) is 9.21 Å². The largest absolute Gasteiger partial charge is 0.347 e. The smallest absolute Gasteiger partial charge is 0.250 e. The summed E-state index contributed by atoms with van der Waals surface area (Å²) in [6.07, 6.45) is 0.695. The predicted octanol–water partition coefficient (Wildman–Crippen LogP) is 2.76. The fourth-order valence-corrected chi connectivity index (χ4v) is 6.68. The minimum Gasteiger partial charge on any atom is -0.347 e. The highest BCUT2D eigenvalue weighted by molar-refractivity contribution is 7.89. The van der Waals surface area contributed by atoms with Crippen LogP contribution in [-0.4, -0.2) is 80.3 Å². The van der Waals surface area contributed by atoms with Crippen LogP contribution in [0.15, 0.2) is 77.7 Å². The van der Waals surface area contributed by atoms with E-state index in [0.29, 0.717) is 19.5 Å². The average molecular weight is 507 g/mol. The van der Waals surface area contributed by atoms with Crippen molar-refractivity contribution in [3.05, 3.63) is 72.8 Å². The summed E-state index contributed by atoms with van der Waals surface area (Å²) in [5, 5.41) is 1.85. The van der Waals surface area contributed by atoms with Gasteiger partial charge in [-0.3, -0.25) is 9.59 Å². The van der Waals surface area contributed by atoms with Crippen molar-refractivity contribution in [3.63, 3.8) is 0 Å². The number of piperidine rings is 1. The zero-order chi connectivity index (χ0) is 25.5. The van der Waals surface area contributed by atoms with Crippen LogP contribution in [-0.2, 0) is 19.6 Å². The first-order chi connectivity index (χ1) is 17.2. The summed E-state index contributed by atoms with van der Waals surface area (Å²) in [7, 11) is -0.373. The van der Waals surface area contributed by atoms with Crippen LogP contribution in [0.4, 0.5) is 5.69 Å². The lowest BCUT2D eigenvalue weighted by Gasteiger charge is -2.42. The first-order valence-corrected chi connectivity index (χ1v) is 13.5. The van der Waals surface area contributed by atoms with Crippen LogP contribution in [0.2, 0.25) is 0 Å². The number of rotatable bonds is 5. The van der Waals surface area contributed by atoms with Crippen molar-refractivity contribution < 1.29 is 18.0 Å². The molecule has 0 aliphatic carbocycles. The molecular formula is C27H30N4O4S. The standard InChI is InChI=1S/C27H30N4O4S/c1-28(2)25(32)19-29-20-31(23-10-4-3-5-11-23)27(26(29)33)14-16-30(17-15-27)36(34,35)24-13-12-21-8-6-7-9-22(21)18-24/h3-13,18H,14-17,19-20H2,1-2H3. The number of nitrogens with zero attached hydrogens (tertiary/aromatic N) is 4. The molecule has 0 radical (unpaired) electrons. The normalized spacial score (nSPS) is 18.2. The second kappa shape index (κ2) is 9.22. The Morgan fingerprint density at radius 1 is 0.917 bits per heavy atom. The maximum absolute atomic E-state index is 13.7. The van der Waals surface area contributed by atoms with Crippen LogP contribution in [0.5, 0.6) is 0 Å². The SMILES string of the molecule is CN(C)C(=O)CN1CN(c2ccccc2)C2(CCN(S(=O)(=O)c3ccc4ccccc4c3)CC2)C1=O. The van der Waals surface area contributed by atoms with Crippen LogP contribution in [0, 0.1) is 0 Å². The van der Waals surface area contributed by atoms with Crippen LogP contribution in [0.1, 0.15) is 12.8 Å². The van der Waals surface area contributed by atoms with Crippen molar-refractivity contribution in [2.24, 2.45) is 0 Å². The second-order valence-corrected chi connectivity index (χ2v) is 11.6. The van der Waals surface area contributed by atoms with E-state index < -0.39 is 15.6 Å². The van der Waals surface area contributed by atoms with E-state index in [9.17, 15) is 18.0 Å². The van der Waals surface area contributed by atoms with Gasteiger partial charge in [0.15, 0.2) is 0 Å². The molecule has 2 aliphatic rings. The molecule has 1 spiro atoms. The van der Waals surface area contributed by atoms with Crippen molar-refractivity contribution in [1.29, 1.82) is 0 Å². The van der Waals surface area contributed by atoms with Gasteiger partial charge in [0.25, 0.3) is 0 Å². The van der Waals surface area contributed by atoms with E-state index in [2.05, 4.69) is 0 Å².